The summed E-state index contributed by atoms with van der Waals surface area (Å²) in [4.78, 5) is 4.16. The summed E-state index contributed by atoms with van der Waals surface area (Å²) < 4.78 is 13.2. The second-order valence-corrected chi connectivity index (χ2v) is 4.41. The van der Waals surface area contributed by atoms with Crippen LogP contribution >= 0.6 is 11.8 Å². The lowest BCUT2D eigenvalue weighted by molar-refractivity contribution is 0.626. The molecule has 2 nitrogen and oxygen atoms in total. The van der Waals surface area contributed by atoms with E-state index in [4.69, 9.17) is 5.26 Å². The van der Waals surface area contributed by atoms with Crippen LogP contribution in [0.1, 0.15) is 11.1 Å². The minimum Gasteiger partial charge on any atom is -0.250 e. The molecule has 0 saturated carbocycles. The molecule has 17 heavy (non-hydrogen) atoms. The molecular formula is C13H9FN2S. The van der Waals surface area contributed by atoms with Crippen molar-refractivity contribution in [3.05, 3.63) is 59.5 Å². The van der Waals surface area contributed by atoms with Crippen molar-refractivity contribution in [1.29, 1.82) is 5.26 Å². The number of benzene rings is 1. The fourth-order valence-corrected chi connectivity index (χ4v) is 2.18. The van der Waals surface area contributed by atoms with E-state index in [1.807, 2.05) is 24.3 Å². The van der Waals surface area contributed by atoms with E-state index in [1.54, 1.807) is 12.3 Å². The largest absolute Gasteiger partial charge is 0.250 e. The number of hydrogen-bond acceptors (Lipinski definition) is 3. The van der Waals surface area contributed by atoms with Gasteiger partial charge in [0.15, 0.2) is 0 Å². The van der Waals surface area contributed by atoms with E-state index in [0.29, 0.717) is 11.3 Å². The van der Waals surface area contributed by atoms with Crippen molar-refractivity contribution in [1.82, 2.24) is 4.98 Å². The average molecular weight is 244 g/mol. The standard InChI is InChI=1S/C13H9FN2S/c14-12-6-10(8-15)5-11(7-12)9-17-13-3-1-2-4-16-13/h1-7H,9H2. The lowest BCUT2D eigenvalue weighted by Crippen LogP contribution is -1.87. The molecule has 0 aliphatic heterocycles. The van der Waals surface area contributed by atoms with Gasteiger partial charge < -0.3 is 0 Å². The zero-order chi connectivity index (χ0) is 12.1. The summed E-state index contributed by atoms with van der Waals surface area (Å²) in [6.45, 7) is 0. The molecule has 0 bridgehead atoms. The highest BCUT2D eigenvalue weighted by Crippen LogP contribution is 2.21. The third-order valence-corrected chi connectivity index (χ3v) is 3.13. The predicted octanol–water partition coefficient (Wildman–Crippen LogP) is 3.38. The first kappa shape index (κ1) is 11.6. The van der Waals surface area contributed by atoms with Crippen LogP contribution in [0.5, 0.6) is 0 Å². The molecule has 0 unspecified atom stereocenters. The summed E-state index contributed by atoms with van der Waals surface area (Å²) in [5.74, 6) is 0.226. The van der Waals surface area contributed by atoms with E-state index in [1.165, 1.54) is 23.9 Å². The number of thioether (sulfide) groups is 1. The lowest BCUT2D eigenvalue weighted by Gasteiger charge is -2.02. The third-order valence-electron chi connectivity index (χ3n) is 2.11. The Labute approximate surface area is 103 Å². The van der Waals surface area contributed by atoms with Crippen molar-refractivity contribution in [2.75, 3.05) is 0 Å². The number of nitriles is 1. The van der Waals surface area contributed by atoms with E-state index in [0.717, 1.165) is 10.6 Å². The van der Waals surface area contributed by atoms with Crippen molar-refractivity contribution in [3.8, 4) is 6.07 Å². The topological polar surface area (TPSA) is 36.7 Å². The highest BCUT2D eigenvalue weighted by Gasteiger charge is 2.02. The number of nitrogens with zero attached hydrogens (tertiary/aromatic N) is 2. The van der Waals surface area contributed by atoms with Gasteiger partial charge in [0.2, 0.25) is 0 Å². The van der Waals surface area contributed by atoms with E-state index in [2.05, 4.69) is 4.98 Å². The molecule has 0 spiro atoms. The second kappa shape index (κ2) is 5.46. The maximum Gasteiger partial charge on any atom is 0.124 e. The highest BCUT2D eigenvalue weighted by molar-refractivity contribution is 7.98. The summed E-state index contributed by atoms with van der Waals surface area (Å²) in [5.41, 5.74) is 1.14. The van der Waals surface area contributed by atoms with Gasteiger partial charge in [-0.2, -0.15) is 5.26 Å². The van der Waals surface area contributed by atoms with Crippen molar-refractivity contribution in [2.24, 2.45) is 0 Å². The molecule has 1 aromatic carbocycles. The van der Waals surface area contributed by atoms with Crippen LogP contribution in [0.15, 0.2) is 47.6 Å². The first-order chi connectivity index (χ1) is 8.28. The maximum atomic E-state index is 13.2. The van der Waals surface area contributed by atoms with Crippen molar-refractivity contribution < 1.29 is 4.39 Å². The van der Waals surface area contributed by atoms with Gasteiger partial charge >= 0.3 is 0 Å². The quantitative estimate of drug-likeness (QED) is 0.776. The molecule has 2 aromatic rings. The zero-order valence-electron chi connectivity index (χ0n) is 8.93. The Morgan fingerprint density at radius 3 is 2.88 bits per heavy atom. The molecule has 0 saturated heterocycles. The SMILES string of the molecule is N#Cc1cc(F)cc(CSc2ccccn2)c1. The fraction of sp³-hybridized carbons (Fsp3) is 0.0769. The van der Waals surface area contributed by atoms with Gasteiger partial charge in [0, 0.05) is 11.9 Å². The van der Waals surface area contributed by atoms with Crippen LogP contribution < -0.4 is 0 Å². The Kier molecular flexibility index (Phi) is 3.73. The summed E-state index contributed by atoms with van der Waals surface area (Å²) in [6.07, 6.45) is 1.72. The van der Waals surface area contributed by atoms with Crippen LogP contribution in [0.2, 0.25) is 0 Å². The first-order valence-electron chi connectivity index (χ1n) is 5.01. The van der Waals surface area contributed by atoms with Crippen LogP contribution in [-0.4, -0.2) is 4.98 Å². The van der Waals surface area contributed by atoms with Crippen LogP contribution in [0.25, 0.3) is 0 Å². The molecule has 1 aromatic heterocycles. The smallest absolute Gasteiger partial charge is 0.124 e. The Morgan fingerprint density at radius 2 is 2.18 bits per heavy atom. The van der Waals surface area contributed by atoms with E-state index < -0.39 is 0 Å². The number of halogens is 1. The molecule has 0 radical (unpaired) electrons. The van der Waals surface area contributed by atoms with Crippen molar-refractivity contribution in [2.45, 2.75) is 10.8 Å². The molecule has 2 rings (SSSR count). The number of hydrogen-bond donors (Lipinski definition) is 0. The number of aromatic nitrogens is 1. The minimum absolute atomic E-state index is 0.349. The summed E-state index contributed by atoms with van der Waals surface area (Å²) in [7, 11) is 0. The molecular weight excluding hydrogens is 235 g/mol. The van der Waals surface area contributed by atoms with Gasteiger partial charge in [0.25, 0.3) is 0 Å². The summed E-state index contributed by atoms with van der Waals surface area (Å²) in [5, 5.41) is 9.62. The highest BCUT2D eigenvalue weighted by atomic mass is 32.2. The predicted molar refractivity (Wildman–Crippen MR) is 64.9 cm³/mol. The molecule has 0 fully saturated rings. The third kappa shape index (κ3) is 3.30. The van der Waals surface area contributed by atoms with Crippen LogP contribution in [0.4, 0.5) is 4.39 Å². The molecule has 0 atom stereocenters. The van der Waals surface area contributed by atoms with E-state index in [-0.39, 0.29) is 5.82 Å². The average Bonchev–Trinajstić information content (AvgIpc) is 2.37. The van der Waals surface area contributed by atoms with Gasteiger partial charge in [0.1, 0.15) is 5.82 Å². The maximum absolute atomic E-state index is 13.2. The minimum atomic E-state index is -0.374. The van der Waals surface area contributed by atoms with Gasteiger partial charge in [-0.05, 0) is 35.9 Å². The molecule has 0 N–H and O–H groups in total. The van der Waals surface area contributed by atoms with Crippen molar-refractivity contribution in [3.63, 3.8) is 0 Å². The number of rotatable bonds is 3. The van der Waals surface area contributed by atoms with Crippen molar-refractivity contribution >= 4 is 11.8 Å². The normalized spacial score (nSPS) is 9.88. The first-order valence-corrected chi connectivity index (χ1v) is 6.00. The summed E-state index contributed by atoms with van der Waals surface area (Å²) in [6, 6.07) is 12.0. The summed E-state index contributed by atoms with van der Waals surface area (Å²) >= 11 is 1.51. The van der Waals surface area contributed by atoms with Gasteiger partial charge in [-0.3, -0.25) is 0 Å². The Hall–Kier alpha value is -1.86. The molecule has 0 aliphatic rings. The lowest BCUT2D eigenvalue weighted by atomic mass is 10.1. The molecule has 1 heterocycles. The van der Waals surface area contributed by atoms with Crippen LogP contribution in [0, 0.1) is 17.1 Å². The molecule has 0 amide bonds. The van der Waals surface area contributed by atoms with Gasteiger partial charge in [0.05, 0.1) is 16.7 Å². The Morgan fingerprint density at radius 1 is 1.29 bits per heavy atom. The van der Waals surface area contributed by atoms with Crippen LogP contribution in [0.3, 0.4) is 0 Å². The number of pyridine rings is 1. The van der Waals surface area contributed by atoms with Gasteiger partial charge in [-0.1, -0.05) is 6.07 Å². The van der Waals surface area contributed by atoms with Crippen LogP contribution in [-0.2, 0) is 5.75 Å². The van der Waals surface area contributed by atoms with E-state index >= 15 is 0 Å². The zero-order valence-corrected chi connectivity index (χ0v) is 9.75. The monoisotopic (exact) mass is 244 g/mol. The second-order valence-electron chi connectivity index (χ2n) is 3.42. The molecule has 0 aliphatic carbocycles. The van der Waals surface area contributed by atoms with E-state index in [9.17, 15) is 4.39 Å². The van der Waals surface area contributed by atoms with Gasteiger partial charge in [-0.15, -0.1) is 11.8 Å². The van der Waals surface area contributed by atoms with Gasteiger partial charge in [-0.25, -0.2) is 9.37 Å². The molecule has 84 valence electrons. The fourth-order valence-electron chi connectivity index (χ4n) is 1.39. The Bertz CT molecular complexity index is 549. The Balaban J connectivity index is 2.10. The molecule has 4 heteroatoms.